The summed E-state index contributed by atoms with van der Waals surface area (Å²) in [6, 6.07) is 13.6. The van der Waals surface area contributed by atoms with Crippen LogP contribution in [0.15, 0.2) is 59.5 Å². The van der Waals surface area contributed by atoms with Crippen LogP contribution in [0.1, 0.15) is 5.56 Å². The molecule has 0 aliphatic heterocycles. The highest BCUT2D eigenvalue weighted by molar-refractivity contribution is 7.97. The van der Waals surface area contributed by atoms with Gasteiger partial charge in [-0.1, -0.05) is 46.8 Å². The normalized spacial score (nSPS) is 11.3. The predicted octanol–water partition coefficient (Wildman–Crippen LogP) is 7.31. The number of benzene rings is 3. The zero-order valence-electron chi connectivity index (χ0n) is 19.4. The number of carbonyl (C=O) groups excluding carboxylic acids is 1. The minimum Gasteiger partial charge on any atom is -0.451 e. The second-order valence-electron chi connectivity index (χ2n) is 7.66. The molecule has 13 heteroatoms. The van der Waals surface area contributed by atoms with Crippen LogP contribution in [-0.4, -0.2) is 46.4 Å². The Labute approximate surface area is 237 Å². The Hall–Kier alpha value is -1.76. The standard InChI is InChI=1S/C24H22Cl3F2N3O3S2/c1-31(36-14-15-8-17(26)10-18(27)9-15)6-7-32(13-23(33)30-34)37-20-11-21(28)24(22(29)12-20)35-19-4-2-16(25)3-5-19/h2-5,8-12,34H,6-7,13-14H2,1H3,(H,30,33). The summed E-state index contributed by atoms with van der Waals surface area (Å²) < 4.78 is 38.3. The van der Waals surface area contributed by atoms with E-state index in [4.69, 9.17) is 44.7 Å². The van der Waals surface area contributed by atoms with Crippen molar-refractivity contribution in [1.29, 1.82) is 0 Å². The van der Waals surface area contributed by atoms with Gasteiger partial charge in [0.25, 0.3) is 5.91 Å². The largest absolute Gasteiger partial charge is 0.451 e. The molecule has 3 aromatic rings. The van der Waals surface area contributed by atoms with Crippen molar-refractivity contribution in [1.82, 2.24) is 14.1 Å². The Kier molecular flexibility index (Phi) is 11.6. The van der Waals surface area contributed by atoms with Crippen LogP contribution in [0.3, 0.4) is 0 Å². The number of rotatable bonds is 12. The highest BCUT2D eigenvalue weighted by Crippen LogP contribution is 2.33. The molecule has 3 rings (SSSR count). The molecule has 0 spiro atoms. The topological polar surface area (TPSA) is 65.0 Å². The maximum Gasteiger partial charge on any atom is 0.258 e. The number of nitrogens with zero attached hydrogens (tertiary/aromatic N) is 2. The summed E-state index contributed by atoms with van der Waals surface area (Å²) in [7, 11) is 1.87. The van der Waals surface area contributed by atoms with Gasteiger partial charge in [-0.25, -0.2) is 18.6 Å². The maximum absolute atomic E-state index is 14.7. The smallest absolute Gasteiger partial charge is 0.258 e. The van der Waals surface area contributed by atoms with Crippen molar-refractivity contribution in [3.05, 3.63) is 86.9 Å². The first kappa shape index (κ1) is 29.8. The Morgan fingerprint density at radius 1 is 0.973 bits per heavy atom. The molecule has 0 bridgehead atoms. The third-order valence-corrected chi connectivity index (χ3v) is 7.51. The van der Waals surface area contributed by atoms with Gasteiger partial charge in [0.2, 0.25) is 0 Å². The molecular formula is C24H22Cl3F2N3O3S2. The van der Waals surface area contributed by atoms with Gasteiger partial charge in [-0.05, 0) is 79.2 Å². The lowest BCUT2D eigenvalue weighted by Crippen LogP contribution is -2.35. The van der Waals surface area contributed by atoms with E-state index in [1.165, 1.54) is 24.1 Å². The molecule has 0 heterocycles. The fourth-order valence-electron chi connectivity index (χ4n) is 3.00. The Morgan fingerprint density at radius 2 is 1.59 bits per heavy atom. The lowest BCUT2D eigenvalue weighted by molar-refractivity contribution is -0.129. The van der Waals surface area contributed by atoms with E-state index >= 15 is 0 Å². The van der Waals surface area contributed by atoms with Crippen molar-refractivity contribution in [2.75, 3.05) is 26.7 Å². The van der Waals surface area contributed by atoms with Crippen molar-refractivity contribution in [3.63, 3.8) is 0 Å². The molecule has 1 amide bonds. The third kappa shape index (κ3) is 9.81. The van der Waals surface area contributed by atoms with Crippen LogP contribution in [-0.2, 0) is 10.5 Å². The zero-order valence-corrected chi connectivity index (χ0v) is 23.3. The van der Waals surface area contributed by atoms with Crippen molar-refractivity contribution in [3.8, 4) is 11.5 Å². The Bertz CT molecular complexity index is 1180. The number of ether oxygens (including phenoxy) is 1. The van der Waals surface area contributed by atoms with Crippen molar-refractivity contribution >= 4 is 64.6 Å². The fourth-order valence-corrected chi connectivity index (χ4v) is 5.41. The zero-order chi connectivity index (χ0) is 26.9. The molecule has 198 valence electrons. The maximum atomic E-state index is 14.7. The van der Waals surface area contributed by atoms with Gasteiger partial charge in [-0.2, -0.15) is 0 Å². The molecule has 0 aliphatic rings. The molecule has 3 aromatic carbocycles. The molecular weight excluding hydrogens is 587 g/mol. The summed E-state index contributed by atoms with van der Waals surface area (Å²) in [5, 5.41) is 10.5. The minimum atomic E-state index is -0.906. The van der Waals surface area contributed by atoms with Gasteiger partial charge in [0.15, 0.2) is 17.4 Å². The molecule has 0 saturated heterocycles. The molecule has 6 nitrogen and oxygen atoms in total. The average Bonchev–Trinajstić information content (AvgIpc) is 2.84. The van der Waals surface area contributed by atoms with Crippen LogP contribution < -0.4 is 10.2 Å². The van der Waals surface area contributed by atoms with E-state index in [-0.39, 0.29) is 17.2 Å². The molecule has 0 fully saturated rings. The van der Waals surface area contributed by atoms with E-state index in [1.807, 2.05) is 23.5 Å². The quantitative estimate of drug-likeness (QED) is 0.127. The molecule has 0 atom stereocenters. The van der Waals surface area contributed by atoms with Gasteiger partial charge in [0, 0.05) is 38.8 Å². The van der Waals surface area contributed by atoms with Crippen LogP contribution in [0.2, 0.25) is 15.1 Å². The molecule has 0 aliphatic carbocycles. The van der Waals surface area contributed by atoms with E-state index in [2.05, 4.69) is 0 Å². The summed E-state index contributed by atoms with van der Waals surface area (Å²) in [4.78, 5) is 12.0. The Balaban J connectivity index is 1.63. The minimum absolute atomic E-state index is 0.212. The van der Waals surface area contributed by atoms with Gasteiger partial charge in [0.05, 0.1) is 6.54 Å². The third-order valence-electron chi connectivity index (χ3n) is 4.72. The van der Waals surface area contributed by atoms with Gasteiger partial charge in [0.1, 0.15) is 5.75 Å². The monoisotopic (exact) mass is 607 g/mol. The number of likely N-dealkylation sites (N-methyl/N-ethyl adjacent to an activating group) is 1. The number of amides is 1. The second-order valence-corrected chi connectivity index (χ2v) is 11.3. The van der Waals surface area contributed by atoms with Crippen molar-refractivity contribution < 1.29 is 23.5 Å². The summed E-state index contributed by atoms with van der Waals surface area (Å²) in [5.74, 6) is -2.19. The van der Waals surface area contributed by atoms with Gasteiger partial charge < -0.3 is 4.74 Å². The van der Waals surface area contributed by atoms with Gasteiger partial charge >= 0.3 is 0 Å². The first-order valence-electron chi connectivity index (χ1n) is 10.7. The molecule has 0 radical (unpaired) electrons. The second kappa shape index (κ2) is 14.4. The van der Waals surface area contributed by atoms with Crippen LogP contribution in [0, 0.1) is 11.6 Å². The first-order chi connectivity index (χ1) is 17.6. The molecule has 2 N–H and O–H groups in total. The van der Waals surface area contributed by atoms with Crippen molar-refractivity contribution in [2.24, 2.45) is 0 Å². The Morgan fingerprint density at radius 3 is 2.19 bits per heavy atom. The first-order valence-corrected chi connectivity index (χ1v) is 13.5. The van der Waals surface area contributed by atoms with Gasteiger partial charge in [-0.15, -0.1) is 0 Å². The molecule has 37 heavy (non-hydrogen) atoms. The highest BCUT2D eigenvalue weighted by Gasteiger charge is 2.18. The summed E-state index contributed by atoms with van der Waals surface area (Å²) in [6.07, 6.45) is 0. The van der Waals surface area contributed by atoms with E-state index < -0.39 is 23.3 Å². The number of nitrogens with one attached hydrogen (secondary N) is 1. The van der Waals surface area contributed by atoms with Crippen LogP contribution in [0.5, 0.6) is 11.5 Å². The number of hydrogen-bond acceptors (Lipinski definition) is 7. The van der Waals surface area contributed by atoms with Crippen LogP contribution >= 0.6 is 58.7 Å². The highest BCUT2D eigenvalue weighted by atomic mass is 35.5. The lowest BCUT2D eigenvalue weighted by Gasteiger charge is -2.23. The number of halogens is 5. The van der Waals surface area contributed by atoms with Crippen molar-refractivity contribution in [2.45, 2.75) is 10.6 Å². The predicted molar refractivity (Wildman–Crippen MR) is 146 cm³/mol. The lowest BCUT2D eigenvalue weighted by atomic mass is 10.2. The summed E-state index contributed by atoms with van der Waals surface area (Å²) in [6.45, 7) is 0.618. The summed E-state index contributed by atoms with van der Waals surface area (Å²) >= 11 is 20.4. The van der Waals surface area contributed by atoms with Crippen LogP contribution in [0.25, 0.3) is 0 Å². The average molecular weight is 609 g/mol. The van der Waals surface area contributed by atoms with E-state index in [0.717, 1.165) is 29.6 Å². The van der Waals surface area contributed by atoms with Gasteiger partial charge in [-0.3, -0.25) is 14.3 Å². The van der Waals surface area contributed by atoms with E-state index in [9.17, 15) is 13.6 Å². The molecule has 0 aromatic heterocycles. The fraction of sp³-hybridized carbons (Fsp3) is 0.208. The van der Waals surface area contributed by atoms with E-state index in [1.54, 1.807) is 28.0 Å². The number of hydroxylamine groups is 1. The molecule has 0 unspecified atom stereocenters. The number of carbonyl (C=O) groups is 1. The molecule has 0 saturated carbocycles. The van der Waals surface area contributed by atoms with Crippen LogP contribution in [0.4, 0.5) is 8.78 Å². The van der Waals surface area contributed by atoms with E-state index in [0.29, 0.717) is 33.9 Å². The summed E-state index contributed by atoms with van der Waals surface area (Å²) in [5.41, 5.74) is 2.52. The number of hydrogen-bond donors (Lipinski definition) is 2. The SMILES string of the molecule is CN(CCN(CC(=O)NO)Sc1cc(F)c(Oc2ccc(Cl)cc2)c(F)c1)SCc1cc(Cl)cc(Cl)c1.